The molecule has 0 amide bonds. The van der Waals surface area contributed by atoms with Crippen LogP contribution in [0.1, 0.15) is 35.5 Å². The number of aromatic carboxylic acids is 1. The van der Waals surface area contributed by atoms with E-state index in [0.29, 0.717) is 23.0 Å². The van der Waals surface area contributed by atoms with E-state index in [1.807, 2.05) is 11.9 Å². The van der Waals surface area contributed by atoms with Gasteiger partial charge < -0.3 is 10.0 Å². The lowest BCUT2D eigenvalue weighted by molar-refractivity contribution is 0.0696. The van der Waals surface area contributed by atoms with Crippen LogP contribution in [-0.2, 0) is 0 Å². The van der Waals surface area contributed by atoms with E-state index >= 15 is 0 Å². The molecule has 0 aliphatic heterocycles. The van der Waals surface area contributed by atoms with Gasteiger partial charge in [0.15, 0.2) is 5.82 Å². The number of nitrogens with zero attached hydrogens (tertiary/aromatic N) is 3. The SMILES string of the molecule is Cc1nnc(N(C)CC(C)C)c(C(=O)O)c1C. The van der Waals surface area contributed by atoms with Crippen LogP contribution in [0.2, 0.25) is 0 Å². The zero-order valence-electron chi connectivity index (χ0n) is 11.0. The van der Waals surface area contributed by atoms with Gasteiger partial charge in [-0.2, -0.15) is 5.10 Å². The van der Waals surface area contributed by atoms with Gasteiger partial charge in [0, 0.05) is 13.6 Å². The highest BCUT2D eigenvalue weighted by Gasteiger charge is 2.20. The molecule has 5 nitrogen and oxygen atoms in total. The second-order valence-corrected chi connectivity index (χ2v) is 4.69. The second kappa shape index (κ2) is 5.12. The summed E-state index contributed by atoms with van der Waals surface area (Å²) < 4.78 is 0. The first-order valence-corrected chi connectivity index (χ1v) is 5.62. The van der Waals surface area contributed by atoms with Gasteiger partial charge in [0.2, 0.25) is 0 Å². The standard InChI is InChI=1S/C12H19N3O2/c1-7(2)6-15(5)11-10(12(16)17)8(3)9(4)13-14-11/h7H,6H2,1-5H3,(H,16,17). The predicted molar refractivity (Wildman–Crippen MR) is 66.6 cm³/mol. The molecule has 5 heteroatoms. The minimum atomic E-state index is -0.953. The van der Waals surface area contributed by atoms with E-state index in [1.54, 1.807) is 13.8 Å². The molecule has 0 aliphatic rings. The summed E-state index contributed by atoms with van der Waals surface area (Å²) >= 11 is 0. The number of anilines is 1. The second-order valence-electron chi connectivity index (χ2n) is 4.69. The monoisotopic (exact) mass is 237 g/mol. The van der Waals surface area contributed by atoms with Crippen LogP contribution in [0, 0.1) is 19.8 Å². The Bertz CT molecular complexity index is 430. The van der Waals surface area contributed by atoms with Gasteiger partial charge in [-0.15, -0.1) is 5.10 Å². The van der Waals surface area contributed by atoms with Gasteiger partial charge in [-0.25, -0.2) is 4.79 Å². The van der Waals surface area contributed by atoms with Crippen molar-refractivity contribution in [2.45, 2.75) is 27.7 Å². The summed E-state index contributed by atoms with van der Waals surface area (Å²) in [6, 6.07) is 0. The Labute approximate surface area is 101 Å². The molecule has 0 aliphatic carbocycles. The van der Waals surface area contributed by atoms with Crippen LogP contribution in [0.15, 0.2) is 0 Å². The number of carboxylic acids is 1. The fourth-order valence-electron chi connectivity index (χ4n) is 1.75. The molecule has 0 spiro atoms. The van der Waals surface area contributed by atoms with Crippen molar-refractivity contribution in [1.82, 2.24) is 10.2 Å². The molecule has 1 aromatic heterocycles. The molecule has 0 aromatic carbocycles. The van der Waals surface area contributed by atoms with Gasteiger partial charge in [-0.1, -0.05) is 13.8 Å². The maximum atomic E-state index is 11.3. The molecular weight excluding hydrogens is 218 g/mol. The van der Waals surface area contributed by atoms with Crippen molar-refractivity contribution in [3.05, 3.63) is 16.8 Å². The van der Waals surface area contributed by atoms with Gasteiger partial charge in [0.1, 0.15) is 5.56 Å². The number of hydrogen-bond donors (Lipinski definition) is 1. The Hall–Kier alpha value is -1.65. The smallest absolute Gasteiger partial charge is 0.339 e. The van der Waals surface area contributed by atoms with Gasteiger partial charge >= 0.3 is 5.97 Å². The molecule has 1 N–H and O–H groups in total. The summed E-state index contributed by atoms with van der Waals surface area (Å²) in [4.78, 5) is 13.1. The summed E-state index contributed by atoms with van der Waals surface area (Å²) in [5, 5.41) is 17.3. The summed E-state index contributed by atoms with van der Waals surface area (Å²) in [5.74, 6) is -0.0783. The maximum absolute atomic E-state index is 11.3. The van der Waals surface area contributed by atoms with E-state index in [0.717, 1.165) is 6.54 Å². The molecule has 1 aromatic rings. The van der Waals surface area contributed by atoms with E-state index in [9.17, 15) is 9.90 Å². The van der Waals surface area contributed by atoms with Crippen LogP contribution < -0.4 is 4.90 Å². The van der Waals surface area contributed by atoms with Crippen LogP contribution in [0.4, 0.5) is 5.82 Å². The first-order chi connectivity index (χ1) is 7.84. The van der Waals surface area contributed by atoms with Crippen LogP contribution in [0.5, 0.6) is 0 Å². The Morgan fingerprint density at radius 1 is 1.35 bits per heavy atom. The third kappa shape index (κ3) is 2.93. The van der Waals surface area contributed by atoms with Crippen LogP contribution in [0.25, 0.3) is 0 Å². The van der Waals surface area contributed by atoms with Crippen molar-refractivity contribution >= 4 is 11.8 Å². The highest BCUT2D eigenvalue weighted by atomic mass is 16.4. The molecule has 0 radical (unpaired) electrons. The van der Waals surface area contributed by atoms with Crippen LogP contribution >= 0.6 is 0 Å². The first-order valence-electron chi connectivity index (χ1n) is 5.62. The van der Waals surface area contributed by atoms with Crippen molar-refractivity contribution in [3.63, 3.8) is 0 Å². The Morgan fingerprint density at radius 3 is 2.41 bits per heavy atom. The minimum absolute atomic E-state index is 0.251. The van der Waals surface area contributed by atoms with Crippen molar-refractivity contribution in [1.29, 1.82) is 0 Å². The number of aryl methyl sites for hydroxylation is 1. The van der Waals surface area contributed by atoms with E-state index in [1.165, 1.54) is 0 Å². The Morgan fingerprint density at radius 2 is 1.94 bits per heavy atom. The van der Waals surface area contributed by atoms with Crippen molar-refractivity contribution in [3.8, 4) is 0 Å². The molecule has 0 saturated heterocycles. The quantitative estimate of drug-likeness (QED) is 0.866. The normalized spacial score (nSPS) is 10.7. The molecule has 0 atom stereocenters. The highest BCUT2D eigenvalue weighted by molar-refractivity contribution is 5.95. The minimum Gasteiger partial charge on any atom is -0.478 e. The number of aromatic nitrogens is 2. The van der Waals surface area contributed by atoms with E-state index in [-0.39, 0.29) is 5.56 Å². The fraction of sp³-hybridized carbons (Fsp3) is 0.583. The van der Waals surface area contributed by atoms with E-state index in [2.05, 4.69) is 24.0 Å². The van der Waals surface area contributed by atoms with Crippen molar-refractivity contribution < 1.29 is 9.90 Å². The van der Waals surface area contributed by atoms with Crippen LogP contribution in [-0.4, -0.2) is 34.9 Å². The van der Waals surface area contributed by atoms with Crippen molar-refractivity contribution in [2.24, 2.45) is 5.92 Å². The van der Waals surface area contributed by atoms with Gasteiger partial charge in [0.05, 0.1) is 5.69 Å². The van der Waals surface area contributed by atoms with Crippen LogP contribution in [0.3, 0.4) is 0 Å². The van der Waals surface area contributed by atoms with E-state index in [4.69, 9.17) is 0 Å². The molecule has 0 saturated carbocycles. The number of rotatable bonds is 4. The fourth-order valence-corrected chi connectivity index (χ4v) is 1.75. The third-order valence-electron chi connectivity index (χ3n) is 2.65. The van der Waals surface area contributed by atoms with Gasteiger partial charge in [0.25, 0.3) is 0 Å². The molecule has 1 rings (SSSR count). The maximum Gasteiger partial charge on any atom is 0.339 e. The lowest BCUT2D eigenvalue weighted by atomic mass is 10.1. The molecule has 94 valence electrons. The lowest BCUT2D eigenvalue weighted by Gasteiger charge is -2.22. The summed E-state index contributed by atoms with van der Waals surface area (Å²) in [6.07, 6.45) is 0. The van der Waals surface area contributed by atoms with E-state index < -0.39 is 5.97 Å². The average Bonchev–Trinajstić information content (AvgIpc) is 2.19. The summed E-state index contributed by atoms with van der Waals surface area (Å²) in [7, 11) is 1.84. The number of carbonyl (C=O) groups is 1. The highest BCUT2D eigenvalue weighted by Crippen LogP contribution is 2.21. The topological polar surface area (TPSA) is 66.3 Å². The zero-order chi connectivity index (χ0) is 13.2. The number of hydrogen-bond acceptors (Lipinski definition) is 4. The average molecular weight is 237 g/mol. The Kier molecular flexibility index (Phi) is 4.04. The molecular formula is C12H19N3O2. The molecule has 0 fully saturated rings. The molecule has 1 heterocycles. The number of carboxylic acid groups (broad SMARTS) is 1. The zero-order valence-corrected chi connectivity index (χ0v) is 11.0. The molecule has 0 bridgehead atoms. The largest absolute Gasteiger partial charge is 0.478 e. The molecule has 17 heavy (non-hydrogen) atoms. The van der Waals surface area contributed by atoms with Gasteiger partial charge in [-0.05, 0) is 25.3 Å². The summed E-state index contributed by atoms with van der Waals surface area (Å²) in [6.45, 7) is 8.43. The lowest BCUT2D eigenvalue weighted by Crippen LogP contribution is -2.27. The van der Waals surface area contributed by atoms with Crippen molar-refractivity contribution in [2.75, 3.05) is 18.5 Å². The predicted octanol–water partition coefficient (Wildman–Crippen LogP) is 1.88. The Balaban J connectivity index is 3.24. The summed E-state index contributed by atoms with van der Waals surface area (Å²) in [5.41, 5.74) is 1.59. The third-order valence-corrected chi connectivity index (χ3v) is 2.65. The van der Waals surface area contributed by atoms with Gasteiger partial charge in [-0.3, -0.25) is 0 Å². The molecule has 0 unspecified atom stereocenters. The first kappa shape index (κ1) is 13.4.